The topological polar surface area (TPSA) is 27.0 Å². The highest BCUT2D eigenvalue weighted by molar-refractivity contribution is 9.13. The van der Waals surface area contributed by atoms with Crippen LogP contribution in [-0.2, 0) is 0 Å². The van der Waals surface area contributed by atoms with Gasteiger partial charge in [-0.15, -0.1) is 11.3 Å². The Labute approximate surface area is 123 Å². The summed E-state index contributed by atoms with van der Waals surface area (Å²) in [7, 11) is 0. The Hall–Kier alpha value is 0.110. The molecule has 1 aliphatic heterocycles. The van der Waals surface area contributed by atoms with Crippen molar-refractivity contribution >= 4 is 43.2 Å². The summed E-state index contributed by atoms with van der Waals surface area (Å²) < 4.78 is 2.12. The summed E-state index contributed by atoms with van der Waals surface area (Å²) in [6.07, 6.45) is 5.02. The van der Waals surface area contributed by atoms with Crippen LogP contribution in [0.3, 0.4) is 0 Å². The van der Waals surface area contributed by atoms with E-state index in [2.05, 4.69) is 48.9 Å². The van der Waals surface area contributed by atoms with Gasteiger partial charge in [0, 0.05) is 9.35 Å². The SMILES string of the molecule is N#CC(c1cc(Br)c(Br)s1)N1CCCCCC1. The molecular formula is C12H14Br2N2S. The molecule has 1 aliphatic rings. The summed E-state index contributed by atoms with van der Waals surface area (Å²) in [5, 5.41) is 9.41. The van der Waals surface area contributed by atoms with E-state index < -0.39 is 0 Å². The summed E-state index contributed by atoms with van der Waals surface area (Å²) in [6, 6.07) is 4.43. The molecule has 1 saturated heterocycles. The first-order chi connectivity index (χ1) is 8.22. The third-order valence-corrected chi connectivity index (χ3v) is 6.37. The van der Waals surface area contributed by atoms with Gasteiger partial charge in [0.05, 0.1) is 9.86 Å². The number of rotatable bonds is 2. The van der Waals surface area contributed by atoms with Gasteiger partial charge in [0.25, 0.3) is 0 Å². The fourth-order valence-corrected chi connectivity index (χ4v) is 4.35. The van der Waals surface area contributed by atoms with Gasteiger partial charge >= 0.3 is 0 Å². The van der Waals surface area contributed by atoms with E-state index in [0.29, 0.717) is 0 Å². The standard InChI is InChI=1S/C12H14Br2N2S/c13-9-7-11(17-12(9)14)10(8-15)16-5-3-1-2-4-6-16/h7,10H,1-6H2. The number of nitriles is 1. The molecule has 0 bridgehead atoms. The van der Waals surface area contributed by atoms with Gasteiger partial charge in [0.2, 0.25) is 0 Å². The Morgan fingerprint density at radius 2 is 1.88 bits per heavy atom. The number of thiophene rings is 1. The lowest BCUT2D eigenvalue weighted by Crippen LogP contribution is -2.28. The quantitative estimate of drug-likeness (QED) is 0.745. The molecule has 1 aromatic heterocycles. The van der Waals surface area contributed by atoms with Crippen LogP contribution in [0.4, 0.5) is 0 Å². The van der Waals surface area contributed by atoms with E-state index in [1.165, 1.54) is 25.7 Å². The molecule has 17 heavy (non-hydrogen) atoms. The van der Waals surface area contributed by atoms with Gasteiger partial charge in [0.1, 0.15) is 6.04 Å². The second-order valence-corrected chi connectivity index (χ2v) is 7.51. The Kier molecular flexibility index (Phi) is 5.04. The Bertz CT molecular complexity index is 397. The molecule has 0 amide bonds. The van der Waals surface area contributed by atoms with Crippen LogP contribution in [0.25, 0.3) is 0 Å². The lowest BCUT2D eigenvalue weighted by atomic mass is 10.2. The van der Waals surface area contributed by atoms with Gasteiger partial charge in [-0.1, -0.05) is 12.8 Å². The van der Waals surface area contributed by atoms with Crippen LogP contribution < -0.4 is 0 Å². The summed E-state index contributed by atoms with van der Waals surface area (Å²) in [5.41, 5.74) is 0. The normalized spacial score (nSPS) is 19.6. The van der Waals surface area contributed by atoms with Crippen molar-refractivity contribution < 1.29 is 0 Å². The second-order valence-electron chi connectivity index (χ2n) is 4.25. The van der Waals surface area contributed by atoms with E-state index in [9.17, 15) is 5.26 Å². The number of likely N-dealkylation sites (tertiary alicyclic amines) is 1. The zero-order valence-corrected chi connectivity index (χ0v) is 13.4. The molecule has 92 valence electrons. The molecular weight excluding hydrogens is 364 g/mol. The monoisotopic (exact) mass is 376 g/mol. The van der Waals surface area contributed by atoms with Crippen LogP contribution in [0.5, 0.6) is 0 Å². The Morgan fingerprint density at radius 3 is 2.35 bits per heavy atom. The molecule has 5 heteroatoms. The maximum atomic E-state index is 9.41. The number of nitrogens with zero attached hydrogens (tertiary/aromatic N) is 2. The summed E-state index contributed by atoms with van der Waals surface area (Å²) in [4.78, 5) is 3.45. The molecule has 2 nitrogen and oxygen atoms in total. The maximum Gasteiger partial charge on any atom is 0.133 e. The minimum absolute atomic E-state index is 0.0827. The van der Waals surface area contributed by atoms with Gasteiger partial charge in [-0.3, -0.25) is 4.90 Å². The van der Waals surface area contributed by atoms with Crippen molar-refractivity contribution in [2.24, 2.45) is 0 Å². The molecule has 0 aromatic carbocycles. The lowest BCUT2D eigenvalue weighted by Gasteiger charge is -2.24. The Balaban J connectivity index is 2.17. The molecule has 2 rings (SSSR count). The molecule has 0 N–H and O–H groups in total. The second kappa shape index (κ2) is 6.33. The van der Waals surface area contributed by atoms with Crippen molar-refractivity contribution in [3.63, 3.8) is 0 Å². The maximum absolute atomic E-state index is 9.41. The van der Waals surface area contributed by atoms with E-state index in [1.54, 1.807) is 11.3 Å². The van der Waals surface area contributed by atoms with Crippen molar-refractivity contribution in [2.45, 2.75) is 31.7 Å². The zero-order chi connectivity index (χ0) is 12.3. The van der Waals surface area contributed by atoms with E-state index in [4.69, 9.17) is 0 Å². The van der Waals surface area contributed by atoms with E-state index in [0.717, 1.165) is 26.2 Å². The van der Waals surface area contributed by atoms with Crippen LogP contribution in [0.2, 0.25) is 0 Å². The highest BCUT2D eigenvalue weighted by Crippen LogP contribution is 2.37. The third-order valence-electron chi connectivity index (χ3n) is 3.06. The van der Waals surface area contributed by atoms with Gasteiger partial charge in [-0.05, 0) is 63.9 Å². The van der Waals surface area contributed by atoms with Gasteiger partial charge in [-0.25, -0.2) is 0 Å². The molecule has 0 aliphatic carbocycles. The number of halogens is 2. The van der Waals surface area contributed by atoms with E-state index >= 15 is 0 Å². The summed E-state index contributed by atoms with van der Waals surface area (Å²) >= 11 is 8.64. The van der Waals surface area contributed by atoms with Crippen LogP contribution in [0.15, 0.2) is 14.3 Å². The van der Waals surface area contributed by atoms with Crippen molar-refractivity contribution in [3.8, 4) is 6.07 Å². The molecule has 0 spiro atoms. The largest absolute Gasteiger partial charge is 0.284 e. The van der Waals surface area contributed by atoms with E-state index in [1.807, 2.05) is 0 Å². The first-order valence-electron chi connectivity index (χ1n) is 5.81. The van der Waals surface area contributed by atoms with Crippen LogP contribution in [-0.4, -0.2) is 18.0 Å². The molecule has 0 radical (unpaired) electrons. The molecule has 1 atom stereocenters. The molecule has 2 heterocycles. The molecule has 1 aromatic rings. The third kappa shape index (κ3) is 3.31. The fourth-order valence-electron chi connectivity index (χ4n) is 2.18. The average molecular weight is 378 g/mol. The first kappa shape index (κ1) is 13.5. The van der Waals surface area contributed by atoms with Crippen molar-refractivity contribution in [1.82, 2.24) is 4.90 Å². The van der Waals surface area contributed by atoms with Crippen molar-refractivity contribution in [1.29, 1.82) is 5.26 Å². The lowest BCUT2D eigenvalue weighted by molar-refractivity contribution is 0.248. The molecule has 0 saturated carbocycles. The van der Waals surface area contributed by atoms with Gasteiger partial charge < -0.3 is 0 Å². The van der Waals surface area contributed by atoms with E-state index in [-0.39, 0.29) is 6.04 Å². The van der Waals surface area contributed by atoms with Gasteiger partial charge in [-0.2, -0.15) is 5.26 Å². The minimum atomic E-state index is -0.0827. The number of hydrogen-bond donors (Lipinski definition) is 0. The predicted octanol–water partition coefficient (Wildman–Crippen LogP) is 4.71. The van der Waals surface area contributed by atoms with Crippen molar-refractivity contribution in [3.05, 3.63) is 19.2 Å². The average Bonchev–Trinajstić information content (AvgIpc) is 2.56. The highest BCUT2D eigenvalue weighted by atomic mass is 79.9. The summed E-state index contributed by atoms with van der Waals surface area (Å²) in [5.74, 6) is 0. The molecule has 1 fully saturated rings. The summed E-state index contributed by atoms with van der Waals surface area (Å²) in [6.45, 7) is 2.09. The fraction of sp³-hybridized carbons (Fsp3) is 0.583. The van der Waals surface area contributed by atoms with Crippen LogP contribution in [0.1, 0.15) is 36.6 Å². The van der Waals surface area contributed by atoms with Gasteiger partial charge in [0.15, 0.2) is 0 Å². The minimum Gasteiger partial charge on any atom is -0.284 e. The Morgan fingerprint density at radius 1 is 1.24 bits per heavy atom. The predicted molar refractivity (Wildman–Crippen MR) is 78.1 cm³/mol. The first-order valence-corrected chi connectivity index (χ1v) is 8.21. The number of hydrogen-bond acceptors (Lipinski definition) is 3. The molecule has 1 unspecified atom stereocenters. The van der Waals surface area contributed by atoms with Crippen LogP contribution >= 0.6 is 43.2 Å². The highest BCUT2D eigenvalue weighted by Gasteiger charge is 2.23. The van der Waals surface area contributed by atoms with Crippen molar-refractivity contribution in [2.75, 3.05) is 13.1 Å². The van der Waals surface area contributed by atoms with Crippen LogP contribution in [0, 0.1) is 11.3 Å². The smallest absolute Gasteiger partial charge is 0.133 e. The zero-order valence-electron chi connectivity index (χ0n) is 9.46.